The summed E-state index contributed by atoms with van der Waals surface area (Å²) in [4.78, 5) is 0. The van der Waals surface area contributed by atoms with Gasteiger partial charge in [-0.3, -0.25) is 0 Å². The van der Waals surface area contributed by atoms with Gasteiger partial charge >= 0.3 is 228 Å². The van der Waals surface area contributed by atoms with Crippen molar-refractivity contribution in [3.8, 4) is 0 Å². The van der Waals surface area contributed by atoms with Gasteiger partial charge in [0.15, 0.2) is 0 Å². The Morgan fingerprint density at radius 1 is 0.568 bits per heavy atom. The molecule has 0 N–H and O–H groups in total. The average Bonchev–Trinajstić information content (AvgIpc) is 3.43. The predicted octanol–water partition coefficient (Wildman–Crippen LogP) is 4.65. The van der Waals surface area contributed by atoms with Gasteiger partial charge in [-0.2, -0.15) is 0 Å². The molecule has 2 atom stereocenters. The number of allylic oxidation sites excluding steroid dienone is 2. The van der Waals surface area contributed by atoms with Gasteiger partial charge in [-0.05, 0) is 0 Å². The zero-order chi connectivity index (χ0) is 24.6. The molecule has 5 heteroatoms. The average molecular weight is 609 g/mol. The Labute approximate surface area is 251 Å². The molecule has 0 saturated carbocycles. The quantitative estimate of drug-likeness (QED) is 0.216. The van der Waals surface area contributed by atoms with E-state index in [1.807, 2.05) is 10.6 Å². The summed E-state index contributed by atoms with van der Waals surface area (Å²) in [6.45, 7) is 9.52. The number of rotatable bonds is 14. The standard InChI is InChI=1S/C17H24P.C15H20P.2ClH.Ti/c1-3-5-11-18(12-6-4-2)17-13-15-9-7-8-10-16(15)14-17;1-3-9-16(10-4-2)15-11-13-7-5-6-8-14(13)12-15;;;/h7-10,13-14H,3-6,11-12H2,1-2H3;5-8,11-12H,3-4,9-10H2,1-2H3;2*1H;/q;;;;+2/p-2. The monoisotopic (exact) mass is 608 g/mol. The van der Waals surface area contributed by atoms with Crippen molar-refractivity contribution in [3.05, 3.63) is 81.4 Å². The summed E-state index contributed by atoms with van der Waals surface area (Å²) in [5.74, 6) is 0. The van der Waals surface area contributed by atoms with E-state index in [1.54, 1.807) is 11.1 Å². The summed E-state index contributed by atoms with van der Waals surface area (Å²) in [5.41, 5.74) is 6.41. The molecule has 0 nitrogen and oxygen atoms in total. The number of halogens is 2. The van der Waals surface area contributed by atoms with Crippen molar-refractivity contribution in [1.82, 2.24) is 0 Å². The number of hydrogen-bond acceptors (Lipinski definition) is 0. The van der Waals surface area contributed by atoms with E-state index in [4.69, 9.17) is 0 Å². The van der Waals surface area contributed by atoms with Crippen LogP contribution in [0.1, 0.15) is 96.9 Å². The molecule has 2 aliphatic rings. The zero-order valence-corrected chi connectivity index (χ0v) is 28.0. The van der Waals surface area contributed by atoms with E-state index >= 15 is 0 Å². The largest absolute Gasteiger partial charge is 1.00 e. The van der Waals surface area contributed by atoms with Crippen molar-refractivity contribution >= 4 is 28.0 Å². The molecule has 0 bridgehead atoms. The van der Waals surface area contributed by atoms with E-state index < -0.39 is 0 Å². The second-order valence-electron chi connectivity index (χ2n) is 10.1. The third-order valence-corrected chi connectivity index (χ3v) is 17.1. The van der Waals surface area contributed by atoms with Crippen LogP contribution in [0.15, 0.2) is 59.2 Å². The van der Waals surface area contributed by atoms with Crippen molar-refractivity contribution < 1.29 is 44.0 Å². The minimum atomic E-state index is -0.249. The van der Waals surface area contributed by atoms with Gasteiger partial charge in [0.05, 0.1) is 0 Å². The molecule has 0 heterocycles. The van der Waals surface area contributed by atoms with Gasteiger partial charge in [-0.1, -0.05) is 0 Å². The summed E-state index contributed by atoms with van der Waals surface area (Å²) in [6, 6.07) is 18.8. The maximum absolute atomic E-state index is 2.67. The summed E-state index contributed by atoms with van der Waals surface area (Å²) >= 11 is -0.249. The Balaban J connectivity index is 0.00000241. The minimum absolute atomic E-state index is 0. The number of unbranched alkanes of at least 4 members (excludes halogenated alkanes) is 2. The maximum atomic E-state index is 2.67. The SMILES string of the molecule is CCCCP(CCCC)C1=Cc2ccccc2[CH]1[Ti+2][CH]1C(P(CCC)CCC)=Cc2ccccc21.[Cl-].[Cl-]. The van der Waals surface area contributed by atoms with Crippen LogP contribution in [-0.2, 0) is 19.2 Å². The minimum Gasteiger partial charge on any atom is -1.00 e. The first kappa shape index (κ1) is 33.3. The fraction of sp³-hybridized carbons (Fsp3) is 0.500. The molecule has 2 aromatic rings. The Morgan fingerprint density at radius 2 is 0.973 bits per heavy atom. The van der Waals surface area contributed by atoms with E-state index in [2.05, 4.69) is 88.4 Å². The second-order valence-corrected chi connectivity index (χ2v) is 17.4. The van der Waals surface area contributed by atoms with Crippen LogP contribution in [0.5, 0.6) is 0 Å². The smallest absolute Gasteiger partial charge is 1.00 e. The van der Waals surface area contributed by atoms with Crippen molar-refractivity contribution in [2.24, 2.45) is 0 Å². The summed E-state index contributed by atoms with van der Waals surface area (Å²) in [7, 11) is -0.0168. The number of fused-ring (bicyclic) bond motifs is 2. The maximum Gasteiger partial charge on any atom is -1.00 e. The molecule has 0 aliphatic heterocycles. The Morgan fingerprint density at radius 3 is 1.38 bits per heavy atom. The van der Waals surface area contributed by atoms with E-state index in [0.717, 1.165) is 8.45 Å². The molecule has 2 unspecified atom stereocenters. The fourth-order valence-electron chi connectivity index (χ4n) is 5.66. The summed E-state index contributed by atoms with van der Waals surface area (Å²) < 4.78 is 1.45. The first-order valence-corrected chi connectivity index (χ1v) is 19.3. The van der Waals surface area contributed by atoms with Gasteiger partial charge in [0.25, 0.3) is 0 Å². The molecule has 2 aliphatic carbocycles. The van der Waals surface area contributed by atoms with Gasteiger partial charge in [0.1, 0.15) is 0 Å². The van der Waals surface area contributed by atoms with Crippen molar-refractivity contribution in [2.75, 3.05) is 24.6 Å². The molecular weight excluding hydrogens is 565 g/mol. The Hall–Kier alpha value is 0.0743. The third kappa shape index (κ3) is 8.06. The molecule has 37 heavy (non-hydrogen) atoms. The summed E-state index contributed by atoms with van der Waals surface area (Å²) in [6.07, 6.45) is 19.1. The van der Waals surface area contributed by atoms with Gasteiger partial charge in [0, 0.05) is 0 Å². The van der Waals surface area contributed by atoms with Crippen LogP contribution in [0, 0.1) is 0 Å². The third-order valence-electron chi connectivity index (χ3n) is 7.43. The van der Waals surface area contributed by atoms with E-state index in [9.17, 15) is 0 Å². The number of hydrogen-bond donors (Lipinski definition) is 0. The molecule has 0 saturated heterocycles. The van der Waals surface area contributed by atoms with E-state index in [0.29, 0.717) is 0 Å². The Kier molecular flexibility index (Phi) is 15.3. The van der Waals surface area contributed by atoms with E-state index in [-0.39, 0.29) is 59.8 Å². The molecule has 0 radical (unpaired) electrons. The molecule has 0 fully saturated rings. The van der Waals surface area contributed by atoms with Crippen LogP contribution in [0.4, 0.5) is 0 Å². The van der Waals surface area contributed by atoms with Gasteiger partial charge in [0.2, 0.25) is 0 Å². The van der Waals surface area contributed by atoms with Crippen molar-refractivity contribution in [1.29, 1.82) is 0 Å². The van der Waals surface area contributed by atoms with Crippen molar-refractivity contribution in [3.63, 3.8) is 0 Å². The van der Waals surface area contributed by atoms with Crippen LogP contribution in [0.2, 0.25) is 0 Å². The number of benzene rings is 2. The molecule has 2 aromatic carbocycles. The molecule has 0 spiro atoms. The van der Waals surface area contributed by atoms with Crippen LogP contribution in [0.25, 0.3) is 12.2 Å². The zero-order valence-electron chi connectivity index (χ0n) is 23.1. The van der Waals surface area contributed by atoms with Gasteiger partial charge in [-0.15, -0.1) is 0 Å². The van der Waals surface area contributed by atoms with Gasteiger partial charge < -0.3 is 24.8 Å². The molecule has 0 aromatic heterocycles. The topological polar surface area (TPSA) is 0 Å². The van der Waals surface area contributed by atoms with E-state index in [1.165, 1.54) is 74.3 Å². The molecule has 200 valence electrons. The van der Waals surface area contributed by atoms with Gasteiger partial charge in [-0.25, -0.2) is 0 Å². The first-order valence-electron chi connectivity index (χ1n) is 14.1. The van der Waals surface area contributed by atoms with Crippen LogP contribution < -0.4 is 24.8 Å². The van der Waals surface area contributed by atoms with Crippen LogP contribution >= 0.6 is 15.8 Å². The fourth-order valence-corrected chi connectivity index (χ4v) is 16.3. The Bertz CT molecular complexity index is 1020. The molecular formula is C32H44Cl2P2Ti. The molecule has 4 rings (SSSR count). The van der Waals surface area contributed by atoms with Crippen LogP contribution in [-0.4, -0.2) is 24.6 Å². The van der Waals surface area contributed by atoms with Crippen LogP contribution in [0.3, 0.4) is 0 Å². The summed E-state index contributed by atoms with van der Waals surface area (Å²) in [5, 5.41) is 3.74. The second kappa shape index (κ2) is 17.0. The first-order chi connectivity index (χ1) is 17.2. The van der Waals surface area contributed by atoms with Crippen molar-refractivity contribution in [2.45, 2.75) is 74.7 Å². The predicted molar refractivity (Wildman–Crippen MR) is 158 cm³/mol. The normalized spacial score (nSPS) is 17.5. The molecule has 0 amide bonds.